The van der Waals surface area contributed by atoms with E-state index < -0.39 is 0 Å². The van der Waals surface area contributed by atoms with E-state index in [0.717, 1.165) is 39.9 Å². The van der Waals surface area contributed by atoms with Crippen LogP contribution in [0.15, 0.2) is 41.5 Å². The maximum atomic E-state index is 13.1. The second-order valence-corrected chi connectivity index (χ2v) is 8.80. The summed E-state index contributed by atoms with van der Waals surface area (Å²) in [5.74, 6) is -0.294. The Bertz CT molecular complexity index is 1300. The lowest BCUT2D eigenvalue weighted by Gasteiger charge is -2.33. The van der Waals surface area contributed by atoms with Gasteiger partial charge < -0.3 is 4.74 Å². The van der Waals surface area contributed by atoms with Crippen LogP contribution in [0.25, 0.3) is 20.4 Å². The first kappa shape index (κ1) is 18.4. The summed E-state index contributed by atoms with van der Waals surface area (Å²) in [6.07, 6.45) is 3.25. The minimum atomic E-state index is -0.294. The molecule has 7 heteroatoms. The van der Waals surface area contributed by atoms with E-state index >= 15 is 0 Å². The van der Waals surface area contributed by atoms with Gasteiger partial charge in [-0.3, -0.25) is 9.36 Å². The van der Waals surface area contributed by atoms with Gasteiger partial charge in [0.25, 0.3) is 5.56 Å². The van der Waals surface area contributed by atoms with Crippen molar-refractivity contribution in [2.45, 2.75) is 45.4 Å². The van der Waals surface area contributed by atoms with Gasteiger partial charge in [0, 0.05) is 17.4 Å². The Hall–Kier alpha value is -2.64. The minimum absolute atomic E-state index is 0.102. The Kier molecular flexibility index (Phi) is 4.26. The standard InChI is InChI=1S/C22H20FN3O2S/c1-3-22(2)9-17-14(11-28-22)8-16-18-19(29-20(16)25-17)21(27)26(12-24-18)10-13-4-6-15(23)7-5-13/h4-8,12H,3,9-11H2,1-2H3/t22-/m1/s1. The summed E-state index contributed by atoms with van der Waals surface area (Å²) in [5, 5.41) is 0.901. The van der Waals surface area contributed by atoms with Crippen molar-refractivity contribution in [3.05, 3.63) is 69.7 Å². The molecule has 0 aliphatic carbocycles. The summed E-state index contributed by atoms with van der Waals surface area (Å²) in [7, 11) is 0. The first-order valence-electron chi connectivity index (χ1n) is 9.64. The fourth-order valence-electron chi connectivity index (χ4n) is 3.73. The maximum Gasteiger partial charge on any atom is 0.271 e. The number of fused-ring (bicyclic) bond motifs is 4. The number of nitrogens with zero attached hydrogens (tertiary/aromatic N) is 3. The Balaban J connectivity index is 1.59. The van der Waals surface area contributed by atoms with Gasteiger partial charge in [-0.1, -0.05) is 19.1 Å². The van der Waals surface area contributed by atoms with Gasteiger partial charge in [-0.05, 0) is 37.1 Å². The minimum Gasteiger partial charge on any atom is -0.370 e. The van der Waals surface area contributed by atoms with E-state index in [1.165, 1.54) is 23.5 Å². The predicted octanol–water partition coefficient (Wildman–Crippen LogP) is 4.44. The molecule has 1 aliphatic rings. The number of hydrogen-bond acceptors (Lipinski definition) is 5. The molecule has 3 aromatic heterocycles. The zero-order chi connectivity index (χ0) is 20.2. The van der Waals surface area contributed by atoms with Crippen molar-refractivity contribution in [1.82, 2.24) is 14.5 Å². The van der Waals surface area contributed by atoms with Gasteiger partial charge in [0.1, 0.15) is 15.3 Å². The number of aromatic nitrogens is 3. The predicted molar refractivity (Wildman–Crippen MR) is 112 cm³/mol. The number of halogens is 1. The SMILES string of the molecule is CC[C@]1(C)Cc2nc3sc4c(=O)n(Cc5ccc(F)cc5)cnc4c3cc2CO1. The molecule has 148 valence electrons. The highest BCUT2D eigenvalue weighted by molar-refractivity contribution is 7.25. The second kappa shape index (κ2) is 6.71. The summed E-state index contributed by atoms with van der Waals surface area (Å²) in [4.78, 5) is 23.3. The normalized spacial score (nSPS) is 19.0. The van der Waals surface area contributed by atoms with Crippen LogP contribution >= 0.6 is 11.3 Å². The average molecular weight is 409 g/mol. The van der Waals surface area contributed by atoms with Gasteiger partial charge in [-0.2, -0.15) is 0 Å². The summed E-state index contributed by atoms with van der Waals surface area (Å²) >= 11 is 1.39. The van der Waals surface area contributed by atoms with Gasteiger partial charge in [0.05, 0.1) is 36.3 Å². The molecule has 1 atom stereocenters. The molecule has 0 fully saturated rings. The third kappa shape index (κ3) is 3.14. The van der Waals surface area contributed by atoms with Gasteiger partial charge in [0.15, 0.2) is 0 Å². The molecule has 1 aromatic carbocycles. The Morgan fingerprint density at radius 1 is 1.31 bits per heavy atom. The first-order chi connectivity index (χ1) is 14.0. The third-order valence-corrected chi connectivity index (χ3v) is 6.81. The van der Waals surface area contributed by atoms with E-state index in [1.54, 1.807) is 23.0 Å². The monoisotopic (exact) mass is 409 g/mol. The van der Waals surface area contributed by atoms with Crippen LogP contribution in [0, 0.1) is 5.82 Å². The highest BCUT2D eigenvalue weighted by Gasteiger charge is 2.30. The molecule has 5 nitrogen and oxygen atoms in total. The quantitative estimate of drug-likeness (QED) is 0.502. The molecule has 1 aliphatic heterocycles. The van der Waals surface area contributed by atoms with Crippen LogP contribution in [0.3, 0.4) is 0 Å². The Morgan fingerprint density at radius 3 is 2.86 bits per heavy atom. The van der Waals surface area contributed by atoms with Gasteiger partial charge in [-0.25, -0.2) is 14.4 Å². The fourth-order valence-corrected chi connectivity index (χ4v) is 4.81. The highest BCUT2D eigenvalue weighted by atomic mass is 32.1. The molecule has 0 bridgehead atoms. The summed E-state index contributed by atoms with van der Waals surface area (Å²) in [5.41, 5.74) is 3.36. The molecule has 0 amide bonds. The van der Waals surface area contributed by atoms with E-state index in [1.807, 2.05) is 0 Å². The van der Waals surface area contributed by atoms with Gasteiger partial charge >= 0.3 is 0 Å². The number of rotatable bonds is 3. The van der Waals surface area contributed by atoms with E-state index in [-0.39, 0.29) is 17.0 Å². The molecule has 0 saturated heterocycles. The van der Waals surface area contributed by atoms with Crippen LogP contribution < -0.4 is 5.56 Å². The van der Waals surface area contributed by atoms with Gasteiger partial charge in [0.2, 0.25) is 0 Å². The fraction of sp³-hybridized carbons (Fsp3) is 0.318. The molecule has 29 heavy (non-hydrogen) atoms. The van der Waals surface area contributed by atoms with Crippen molar-refractivity contribution in [2.75, 3.05) is 0 Å². The van der Waals surface area contributed by atoms with Gasteiger partial charge in [-0.15, -0.1) is 11.3 Å². The smallest absolute Gasteiger partial charge is 0.271 e. The Morgan fingerprint density at radius 2 is 2.10 bits per heavy atom. The van der Waals surface area contributed by atoms with Crippen molar-refractivity contribution in [2.24, 2.45) is 0 Å². The van der Waals surface area contributed by atoms with E-state index in [9.17, 15) is 9.18 Å². The molecule has 4 heterocycles. The lowest BCUT2D eigenvalue weighted by atomic mass is 9.91. The summed E-state index contributed by atoms with van der Waals surface area (Å²) in [6.45, 7) is 5.11. The van der Waals surface area contributed by atoms with Crippen LogP contribution in [0.1, 0.15) is 37.1 Å². The number of pyridine rings is 1. The number of ether oxygens (including phenoxy) is 1. The maximum absolute atomic E-state index is 13.1. The zero-order valence-electron chi connectivity index (χ0n) is 16.2. The van der Waals surface area contributed by atoms with Crippen molar-refractivity contribution >= 4 is 31.8 Å². The molecule has 0 N–H and O–H groups in total. The summed E-state index contributed by atoms with van der Waals surface area (Å²) in [6, 6.07) is 8.22. The topological polar surface area (TPSA) is 57.0 Å². The lowest BCUT2D eigenvalue weighted by molar-refractivity contribution is -0.0573. The Labute approximate surface area is 170 Å². The number of thiophene rings is 1. The van der Waals surface area contributed by atoms with Crippen LogP contribution in [0.5, 0.6) is 0 Å². The number of benzene rings is 1. The van der Waals surface area contributed by atoms with E-state index in [0.29, 0.717) is 23.4 Å². The second-order valence-electron chi connectivity index (χ2n) is 7.80. The highest BCUT2D eigenvalue weighted by Crippen LogP contribution is 2.35. The van der Waals surface area contributed by atoms with Crippen LogP contribution in [-0.2, 0) is 24.3 Å². The largest absolute Gasteiger partial charge is 0.370 e. The van der Waals surface area contributed by atoms with Crippen molar-refractivity contribution in [1.29, 1.82) is 0 Å². The lowest BCUT2D eigenvalue weighted by Crippen LogP contribution is -2.35. The summed E-state index contributed by atoms with van der Waals surface area (Å²) < 4.78 is 21.3. The van der Waals surface area contributed by atoms with Crippen molar-refractivity contribution in [3.63, 3.8) is 0 Å². The molecule has 5 rings (SSSR count). The molecular weight excluding hydrogens is 389 g/mol. The van der Waals surface area contributed by atoms with Crippen LogP contribution in [-0.4, -0.2) is 20.1 Å². The first-order valence-corrected chi connectivity index (χ1v) is 10.5. The van der Waals surface area contributed by atoms with Crippen molar-refractivity contribution < 1.29 is 9.13 Å². The molecule has 0 saturated carbocycles. The van der Waals surface area contributed by atoms with Crippen LogP contribution in [0.2, 0.25) is 0 Å². The molecule has 4 aromatic rings. The molecular formula is C22H20FN3O2S. The van der Waals surface area contributed by atoms with E-state index in [4.69, 9.17) is 9.72 Å². The molecule has 0 radical (unpaired) electrons. The molecule has 0 spiro atoms. The zero-order valence-corrected chi connectivity index (χ0v) is 17.1. The third-order valence-electron chi connectivity index (χ3n) is 5.74. The van der Waals surface area contributed by atoms with E-state index in [2.05, 4.69) is 24.9 Å². The molecule has 0 unspecified atom stereocenters. The van der Waals surface area contributed by atoms with Crippen molar-refractivity contribution in [3.8, 4) is 0 Å². The van der Waals surface area contributed by atoms with Crippen LogP contribution in [0.4, 0.5) is 4.39 Å². The average Bonchev–Trinajstić information content (AvgIpc) is 3.08. The number of hydrogen-bond donors (Lipinski definition) is 0.